The summed E-state index contributed by atoms with van der Waals surface area (Å²) < 4.78 is 12.1. The zero-order valence-corrected chi connectivity index (χ0v) is 23.0. The topological polar surface area (TPSA) is 89.0 Å². The lowest BCUT2D eigenvalue weighted by molar-refractivity contribution is -0.132. The first kappa shape index (κ1) is 26.4. The molecule has 1 fully saturated rings. The SMILES string of the molecule is CCCCCOc1ccc(C2C(=C(O)c3cccc(OC)c3)C(=O)C(=O)N2c2nc3ccc(C)cc3s2)cc1. The molecule has 1 aliphatic heterocycles. The van der Waals surface area contributed by atoms with Gasteiger partial charge in [0.1, 0.15) is 17.3 Å². The monoisotopic (exact) mass is 542 g/mol. The summed E-state index contributed by atoms with van der Waals surface area (Å²) in [5, 5.41) is 11.8. The first-order chi connectivity index (χ1) is 18.9. The second-order valence-corrected chi connectivity index (χ2v) is 10.5. The number of anilines is 1. The van der Waals surface area contributed by atoms with Gasteiger partial charge in [-0.1, -0.05) is 61.4 Å². The Balaban J connectivity index is 1.61. The number of aryl methyl sites for hydroxylation is 1. The van der Waals surface area contributed by atoms with Gasteiger partial charge >= 0.3 is 5.91 Å². The predicted molar refractivity (Wildman–Crippen MR) is 154 cm³/mol. The van der Waals surface area contributed by atoms with Gasteiger partial charge in [-0.15, -0.1) is 0 Å². The lowest BCUT2D eigenvalue weighted by Gasteiger charge is -2.23. The van der Waals surface area contributed by atoms with Crippen molar-refractivity contribution in [1.82, 2.24) is 4.98 Å². The summed E-state index contributed by atoms with van der Waals surface area (Å²) in [6.45, 7) is 4.75. The Morgan fingerprint density at radius 3 is 2.56 bits per heavy atom. The lowest BCUT2D eigenvalue weighted by atomic mass is 9.95. The average molecular weight is 543 g/mol. The van der Waals surface area contributed by atoms with Crippen LogP contribution in [-0.2, 0) is 9.59 Å². The number of Topliss-reactive ketones (excluding diaryl/α,β-unsaturated/α-hetero) is 1. The molecule has 0 bridgehead atoms. The Labute approximate surface area is 231 Å². The van der Waals surface area contributed by atoms with Crippen molar-refractivity contribution in [3.05, 3.63) is 89.0 Å². The molecule has 2 heterocycles. The minimum absolute atomic E-state index is 0.000281. The standard InChI is InChI=1S/C31H30N2O5S/c1-4-5-6-16-38-22-13-11-20(12-14-22)27-26(28(34)21-8-7-9-23(18-21)37-3)29(35)30(36)33(27)31-32-24-15-10-19(2)17-25(24)39-31/h7-15,17-18,27,34H,4-6,16H2,1-3H3. The molecule has 8 heteroatoms. The first-order valence-corrected chi connectivity index (χ1v) is 13.8. The number of thiazole rings is 1. The third-order valence-electron chi connectivity index (χ3n) is 6.74. The van der Waals surface area contributed by atoms with Crippen molar-refractivity contribution in [2.24, 2.45) is 0 Å². The maximum atomic E-state index is 13.5. The molecule has 1 N–H and O–H groups in total. The van der Waals surface area contributed by atoms with Gasteiger partial charge < -0.3 is 14.6 Å². The minimum Gasteiger partial charge on any atom is -0.507 e. The van der Waals surface area contributed by atoms with Crippen LogP contribution in [0.25, 0.3) is 16.0 Å². The van der Waals surface area contributed by atoms with Crippen LogP contribution in [0.2, 0.25) is 0 Å². The number of rotatable bonds is 9. The molecule has 1 aromatic heterocycles. The number of methoxy groups -OCH3 is 1. The zero-order chi connectivity index (χ0) is 27.5. The van der Waals surface area contributed by atoms with E-state index in [9.17, 15) is 14.7 Å². The smallest absolute Gasteiger partial charge is 0.301 e. The van der Waals surface area contributed by atoms with E-state index >= 15 is 0 Å². The van der Waals surface area contributed by atoms with Gasteiger partial charge in [-0.05, 0) is 60.9 Å². The molecule has 0 radical (unpaired) electrons. The first-order valence-electron chi connectivity index (χ1n) is 13.0. The number of hydrogen-bond donors (Lipinski definition) is 1. The van der Waals surface area contributed by atoms with Crippen LogP contribution in [0.5, 0.6) is 11.5 Å². The van der Waals surface area contributed by atoms with Crippen LogP contribution in [0.1, 0.15) is 48.9 Å². The summed E-state index contributed by atoms with van der Waals surface area (Å²) in [6, 6.07) is 19.1. The molecule has 39 heavy (non-hydrogen) atoms. The average Bonchev–Trinajstić information content (AvgIpc) is 3.48. The van der Waals surface area contributed by atoms with E-state index in [0.29, 0.717) is 34.4 Å². The maximum Gasteiger partial charge on any atom is 0.301 e. The molecule has 200 valence electrons. The Morgan fingerprint density at radius 2 is 1.82 bits per heavy atom. The molecule has 1 saturated heterocycles. The summed E-state index contributed by atoms with van der Waals surface area (Å²) in [5.41, 5.74) is 2.86. The molecule has 0 spiro atoms. The number of aromatic nitrogens is 1. The minimum atomic E-state index is -0.869. The van der Waals surface area contributed by atoms with E-state index in [1.807, 2.05) is 49.4 Å². The summed E-state index contributed by atoms with van der Waals surface area (Å²) in [5.74, 6) is -0.543. The van der Waals surface area contributed by atoms with Crippen LogP contribution in [-0.4, -0.2) is 35.5 Å². The second-order valence-electron chi connectivity index (χ2n) is 9.49. The molecule has 1 amide bonds. The van der Waals surface area contributed by atoms with E-state index in [0.717, 1.165) is 35.0 Å². The molecule has 7 nitrogen and oxygen atoms in total. The number of aliphatic hydroxyl groups excluding tert-OH is 1. The largest absolute Gasteiger partial charge is 0.507 e. The molecule has 4 aromatic rings. The van der Waals surface area contributed by atoms with Crippen LogP contribution in [0.4, 0.5) is 5.13 Å². The molecule has 1 aliphatic rings. The number of nitrogens with zero attached hydrogens (tertiary/aromatic N) is 2. The molecular formula is C31H30N2O5S. The molecule has 5 rings (SSSR count). The Bertz CT molecular complexity index is 1560. The van der Waals surface area contributed by atoms with Gasteiger partial charge in [0, 0.05) is 5.56 Å². The van der Waals surface area contributed by atoms with Crippen LogP contribution < -0.4 is 14.4 Å². The highest BCUT2D eigenvalue weighted by Gasteiger charge is 2.48. The van der Waals surface area contributed by atoms with Gasteiger partial charge in [0.25, 0.3) is 5.78 Å². The van der Waals surface area contributed by atoms with E-state index in [1.165, 1.54) is 23.3 Å². The molecular weight excluding hydrogens is 512 g/mol. The number of unbranched alkanes of at least 4 members (excludes halogenated alkanes) is 2. The molecule has 3 aromatic carbocycles. The number of ether oxygens (including phenoxy) is 2. The van der Waals surface area contributed by atoms with Crippen molar-refractivity contribution in [2.75, 3.05) is 18.6 Å². The number of benzene rings is 3. The van der Waals surface area contributed by atoms with E-state index in [4.69, 9.17) is 9.47 Å². The maximum absolute atomic E-state index is 13.5. The normalized spacial score (nSPS) is 16.7. The Hall–Kier alpha value is -4.17. The summed E-state index contributed by atoms with van der Waals surface area (Å²) in [4.78, 5) is 33.1. The van der Waals surface area contributed by atoms with Crippen LogP contribution in [0, 0.1) is 6.92 Å². The van der Waals surface area contributed by atoms with E-state index in [-0.39, 0.29) is 11.3 Å². The summed E-state index contributed by atoms with van der Waals surface area (Å²) >= 11 is 1.34. The third-order valence-corrected chi connectivity index (χ3v) is 7.76. The fraction of sp³-hybridized carbons (Fsp3) is 0.258. The van der Waals surface area contributed by atoms with Crippen LogP contribution in [0.3, 0.4) is 0 Å². The van der Waals surface area contributed by atoms with Crippen molar-refractivity contribution in [1.29, 1.82) is 0 Å². The van der Waals surface area contributed by atoms with Gasteiger partial charge in [-0.2, -0.15) is 0 Å². The second kappa shape index (κ2) is 11.3. The van der Waals surface area contributed by atoms with E-state index < -0.39 is 17.7 Å². The Morgan fingerprint density at radius 1 is 1.03 bits per heavy atom. The number of fused-ring (bicyclic) bond motifs is 1. The van der Waals surface area contributed by atoms with E-state index in [1.54, 1.807) is 24.3 Å². The van der Waals surface area contributed by atoms with Gasteiger partial charge in [0.05, 0.1) is 35.5 Å². The number of ketones is 1. The van der Waals surface area contributed by atoms with Gasteiger partial charge in [-0.25, -0.2) is 4.98 Å². The van der Waals surface area contributed by atoms with Gasteiger partial charge in [-0.3, -0.25) is 14.5 Å². The highest BCUT2D eigenvalue weighted by atomic mass is 32.1. The fourth-order valence-electron chi connectivity index (χ4n) is 4.68. The number of carbonyl (C=O) groups is 2. The quantitative estimate of drug-likeness (QED) is 0.108. The molecule has 1 atom stereocenters. The number of aliphatic hydroxyl groups is 1. The van der Waals surface area contributed by atoms with Crippen molar-refractivity contribution < 1.29 is 24.2 Å². The van der Waals surface area contributed by atoms with E-state index in [2.05, 4.69) is 11.9 Å². The Kier molecular flexibility index (Phi) is 7.65. The molecule has 0 aliphatic carbocycles. The highest BCUT2D eigenvalue weighted by molar-refractivity contribution is 7.22. The zero-order valence-electron chi connectivity index (χ0n) is 22.1. The fourth-order valence-corrected chi connectivity index (χ4v) is 5.77. The number of hydrogen-bond acceptors (Lipinski definition) is 7. The highest BCUT2D eigenvalue weighted by Crippen LogP contribution is 2.44. The van der Waals surface area contributed by atoms with Crippen LogP contribution in [0.15, 0.2) is 72.3 Å². The van der Waals surface area contributed by atoms with Crippen LogP contribution >= 0.6 is 11.3 Å². The number of amides is 1. The summed E-state index contributed by atoms with van der Waals surface area (Å²) in [6.07, 6.45) is 3.17. The third kappa shape index (κ3) is 5.25. The summed E-state index contributed by atoms with van der Waals surface area (Å²) in [7, 11) is 1.53. The lowest BCUT2D eigenvalue weighted by Crippen LogP contribution is -2.29. The molecule has 0 saturated carbocycles. The molecule has 1 unspecified atom stereocenters. The van der Waals surface area contributed by atoms with Gasteiger partial charge in [0.15, 0.2) is 5.13 Å². The van der Waals surface area contributed by atoms with Crippen molar-refractivity contribution in [2.45, 2.75) is 39.2 Å². The van der Waals surface area contributed by atoms with Crippen molar-refractivity contribution in [3.63, 3.8) is 0 Å². The predicted octanol–water partition coefficient (Wildman–Crippen LogP) is 6.81. The number of carbonyl (C=O) groups excluding carboxylic acids is 2. The van der Waals surface area contributed by atoms with Gasteiger partial charge in [0.2, 0.25) is 0 Å². The van der Waals surface area contributed by atoms with Crippen molar-refractivity contribution in [3.8, 4) is 11.5 Å². The van der Waals surface area contributed by atoms with Crippen molar-refractivity contribution >= 4 is 44.1 Å².